The van der Waals surface area contributed by atoms with Crippen molar-refractivity contribution in [2.45, 2.75) is 51.5 Å². The van der Waals surface area contributed by atoms with Gasteiger partial charge >= 0.3 is 0 Å². The molecule has 2 rings (SSSR count). The van der Waals surface area contributed by atoms with E-state index < -0.39 is 5.54 Å². The summed E-state index contributed by atoms with van der Waals surface area (Å²) >= 11 is 0. The molecule has 1 fully saturated rings. The number of nitrogens with two attached hydrogens (primary N) is 1. The van der Waals surface area contributed by atoms with Crippen LogP contribution in [0.4, 0.5) is 0 Å². The van der Waals surface area contributed by atoms with Crippen LogP contribution in [-0.2, 0) is 10.3 Å². The van der Waals surface area contributed by atoms with Crippen LogP contribution in [0.5, 0.6) is 0 Å². The second kappa shape index (κ2) is 5.96. The average molecular weight is 274 g/mol. The molecule has 0 saturated heterocycles. The van der Waals surface area contributed by atoms with Crippen LogP contribution < -0.4 is 11.1 Å². The van der Waals surface area contributed by atoms with E-state index >= 15 is 0 Å². The molecule has 0 heterocycles. The maximum Gasteiger partial charge on any atom is 0.244 e. The predicted octanol–water partition coefficient (Wildman–Crippen LogP) is 2.95. The van der Waals surface area contributed by atoms with Crippen LogP contribution in [0, 0.1) is 5.41 Å². The molecule has 0 bridgehead atoms. The monoisotopic (exact) mass is 274 g/mol. The minimum absolute atomic E-state index is 0.0777. The molecule has 1 aromatic rings. The Balaban J connectivity index is 1.97. The molecule has 0 aromatic heterocycles. The topological polar surface area (TPSA) is 55.1 Å². The Morgan fingerprint density at radius 2 is 2.00 bits per heavy atom. The highest BCUT2D eigenvalue weighted by molar-refractivity contribution is 5.87. The van der Waals surface area contributed by atoms with Crippen molar-refractivity contribution in [2.24, 2.45) is 11.1 Å². The molecule has 0 spiro atoms. The molecular weight excluding hydrogens is 248 g/mol. The molecule has 1 unspecified atom stereocenters. The Morgan fingerprint density at radius 3 is 2.50 bits per heavy atom. The van der Waals surface area contributed by atoms with Crippen molar-refractivity contribution in [1.82, 2.24) is 5.32 Å². The van der Waals surface area contributed by atoms with Gasteiger partial charge in [-0.05, 0) is 37.2 Å². The van der Waals surface area contributed by atoms with Crippen LogP contribution >= 0.6 is 0 Å². The maximum atomic E-state index is 12.4. The van der Waals surface area contributed by atoms with Crippen LogP contribution in [0.3, 0.4) is 0 Å². The Kier molecular flexibility index (Phi) is 4.48. The van der Waals surface area contributed by atoms with Crippen molar-refractivity contribution < 1.29 is 4.79 Å². The fourth-order valence-electron chi connectivity index (χ4n) is 3.09. The SMILES string of the molecule is CCCC1(CNC(=O)C(C)(N)c2ccccc2)CCC1. The molecule has 1 amide bonds. The van der Waals surface area contributed by atoms with Crippen molar-refractivity contribution in [3.05, 3.63) is 35.9 Å². The van der Waals surface area contributed by atoms with Crippen LogP contribution in [0.1, 0.15) is 51.5 Å². The van der Waals surface area contributed by atoms with Gasteiger partial charge in [0.1, 0.15) is 5.54 Å². The molecule has 110 valence electrons. The van der Waals surface area contributed by atoms with Crippen molar-refractivity contribution in [2.75, 3.05) is 6.54 Å². The summed E-state index contributed by atoms with van der Waals surface area (Å²) < 4.78 is 0. The highest BCUT2D eigenvalue weighted by atomic mass is 16.2. The lowest BCUT2D eigenvalue weighted by Crippen LogP contribution is -2.52. The average Bonchev–Trinajstić information content (AvgIpc) is 2.42. The van der Waals surface area contributed by atoms with Gasteiger partial charge in [-0.15, -0.1) is 0 Å². The second-order valence-corrected chi connectivity index (χ2v) is 6.35. The number of carbonyl (C=O) groups is 1. The van der Waals surface area contributed by atoms with E-state index in [9.17, 15) is 4.79 Å². The number of amides is 1. The first-order valence-electron chi connectivity index (χ1n) is 7.63. The van der Waals surface area contributed by atoms with Gasteiger partial charge in [-0.2, -0.15) is 0 Å². The third-order valence-electron chi connectivity index (χ3n) is 4.66. The Morgan fingerprint density at radius 1 is 1.35 bits per heavy atom. The smallest absolute Gasteiger partial charge is 0.244 e. The van der Waals surface area contributed by atoms with Crippen molar-refractivity contribution in [3.8, 4) is 0 Å². The Bertz CT molecular complexity index is 449. The van der Waals surface area contributed by atoms with Gasteiger partial charge < -0.3 is 11.1 Å². The summed E-state index contributed by atoms with van der Waals surface area (Å²) in [5.74, 6) is -0.0777. The quantitative estimate of drug-likeness (QED) is 0.838. The zero-order chi connectivity index (χ0) is 14.6. The lowest BCUT2D eigenvalue weighted by Gasteiger charge is -2.42. The van der Waals surface area contributed by atoms with E-state index in [1.165, 1.54) is 32.1 Å². The van der Waals surface area contributed by atoms with E-state index in [2.05, 4.69) is 12.2 Å². The molecule has 1 atom stereocenters. The molecule has 1 aliphatic carbocycles. The highest BCUT2D eigenvalue weighted by Crippen LogP contribution is 2.44. The van der Waals surface area contributed by atoms with Crippen molar-refractivity contribution >= 4 is 5.91 Å². The predicted molar refractivity (Wildman–Crippen MR) is 82.2 cm³/mol. The summed E-state index contributed by atoms with van der Waals surface area (Å²) in [4.78, 5) is 12.4. The highest BCUT2D eigenvalue weighted by Gasteiger charge is 2.38. The standard InChI is InChI=1S/C17H26N2O/c1-3-10-17(11-7-12-17)13-19-15(20)16(2,18)14-8-5-4-6-9-14/h4-6,8-9H,3,7,10-13,18H2,1-2H3,(H,19,20). The van der Waals surface area contributed by atoms with Crippen LogP contribution in [0.2, 0.25) is 0 Å². The van der Waals surface area contributed by atoms with E-state index in [-0.39, 0.29) is 5.91 Å². The van der Waals surface area contributed by atoms with Crippen LogP contribution in [0.15, 0.2) is 30.3 Å². The summed E-state index contributed by atoms with van der Waals surface area (Å²) in [5.41, 5.74) is 6.46. The van der Waals surface area contributed by atoms with Gasteiger partial charge in [0.15, 0.2) is 0 Å². The summed E-state index contributed by atoms with van der Waals surface area (Å²) in [5, 5.41) is 3.09. The number of carbonyl (C=O) groups excluding carboxylic acids is 1. The van der Waals surface area contributed by atoms with E-state index in [4.69, 9.17) is 5.73 Å². The molecule has 0 radical (unpaired) electrons. The van der Waals surface area contributed by atoms with Gasteiger partial charge in [0, 0.05) is 6.54 Å². The number of hydrogen-bond acceptors (Lipinski definition) is 2. The molecule has 3 nitrogen and oxygen atoms in total. The lowest BCUT2D eigenvalue weighted by molar-refractivity contribution is -0.127. The third kappa shape index (κ3) is 3.04. The van der Waals surface area contributed by atoms with Gasteiger partial charge in [0.25, 0.3) is 0 Å². The van der Waals surface area contributed by atoms with Gasteiger partial charge in [-0.3, -0.25) is 4.79 Å². The van der Waals surface area contributed by atoms with Gasteiger partial charge in [-0.1, -0.05) is 50.1 Å². The molecular formula is C17H26N2O. The third-order valence-corrected chi connectivity index (χ3v) is 4.66. The van der Waals surface area contributed by atoms with E-state index in [1.807, 2.05) is 30.3 Å². The Labute approximate surface area is 121 Å². The fourth-order valence-corrected chi connectivity index (χ4v) is 3.09. The Hall–Kier alpha value is -1.35. The summed E-state index contributed by atoms with van der Waals surface area (Å²) in [6.45, 7) is 4.75. The molecule has 1 aromatic carbocycles. The van der Waals surface area contributed by atoms with E-state index in [0.717, 1.165) is 12.1 Å². The lowest BCUT2D eigenvalue weighted by atomic mass is 9.66. The molecule has 1 saturated carbocycles. The van der Waals surface area contributed by atoms with Crippen LogP contribution in [-0.4, -0.2) is 12.5 Å². The van der Waals surface area contributed by atoms with E-state index in [0.29, 0.717) is 5.41 Å². The zero-order valence-corrected chi connectivity index (χ0v) is 12.6. The molecule has 20 heavy (non-hydrogen) atoms. The number of hydrogen-bond donors (Lipinski definition) is 2. The summed E-state index contributed by atoms with van der Waals surface area (Å²) in [6, 6.07) is 9.58. The molecule has 0 aliphatic heterocycles. The minimum Gasteiger partial charge on any atom is -0.354 e. The number of nitrogens with one attached hydrogen (secondary N) is 1. The first-order valence-corrected chi connectivity index (χ1v) is 7.63. The van der Waals surface area contributed by atoms with Crippen LogP contribution in [0.25, 0.3) is 0 Å². The largest absolute Gasteiger partial charge is 0.354 e. The first-order chi connectivity index (χ1) is 9.50. The fraction of sp³-hybridized carbons (Fsp3) is 0.588. The first kappa shape index (κ1) is 15.0. The number of benzene rings is 1. The summed E-state index contributed by atoms with van der Waals surface area (Å²) in [6.07, 6.45) is 6.12. The summed E-state index contributed by atoms with van der Waals surface area (Å²) in [7, 11) is 0. The van der Waals surface area contributed by atoms with Gasteiger partial charge in [0.05, 0.1) is 0 Å². The van der Waals surface area contributed by atoms with Crippen molar-refractivity contribution in [1.29, 1.82) is 0 Å². The molecule has 3 N–H and O–H groups in total. The minimum atomic E-state index is -0.960. The van der Waals surface area contributed by atoms with E-state index in [1.54, 1.807) is 6.92 Å². The second-order valence-electron chi connectivity index (χ2n) is 6.35. The van der Waals surface area contributed by atoms with Gasteiger partial charge in [-0.25, -0.2) is 0 Å². The molecule has 1 aliphatic rings. The zero-order valence-electron chi connectivity index (χ0n) is 12.6. The number of rotatable bonds is 6. The normalized spacial score (nSPS) is 19.8. The van der Waals surface area contributed by atoms with Crippen molar-refractivity contribution in [3.63, 3.8) is 0 Å². The van der Waals surface area contributed by atoms with Gasteiger partial charge in [0.2, 0.25) is 5.91 Å². The maximum absolute atomic E-state index is 12.4. The molecule has 3 heteroatoms.